The fourth-order valence-electron chi connectivity index (χ4n) is 10.0. The summed E-state index contributed by atoms with van der Waals surface area (Å²) in [4.78, 5) is 121. The van der Waals surface area contributed by atoms with Crippen LogP contribution in [-0.4, -0.2) is 150 Å². The lowest BCUT2D eigenvalue weighted by Gasteiger charge is -2.28. The number of nitrogens with zero attached hydrogens (tertiary/aromatic N) is 8. The van der Waals surface area contributed by atoms with Crippen molar-refractivity contribution in [1.82, 2.24) is 38.2 Å². The Balaban J connectivity index is 1.09. The van der Waals surface area contributed by atoms with E-state index >= 15 is 9.13 Å². The Kier molecular flexibility index (Phi) is 25.9. The van der Waals surface area contributed by atoms with Gasteiger partial charge in [0, 0.05) is 72.7 Å². The van der Waals surface area contributed by atoms with Gasteiger partial charge in [0.25, 0.3) is 22.2 Å². The second-order valence-corrected chi connectivity index (χ2v) is 28.1. The number of aryl methyl sites for hydroxylation is 4. The lowest BCUT2D eigenvalue weighted by atomic mass is 10.2. The molecule has 4 aromatic heterocycles. The van der Waals surface area contributed by atoms with Crippen molar-refractivity contribution in [2.24, 2.45) is 0 Å². The molecule has 0 aromatic carbocycles. The molecule has 8 rings (SSSR count). The van der Waals surface area contributed by atoms with E-state index in [1.807, 2.05) is 0 Å². The minimum Gasteiger partial charge on any atom is -0.394 e. The van der Waals surface area contributed by atoms with Crippen molar-refractivity contribution in [2.75, 3.05) is 52.9 Å². The first-order valence-corrected chi connectivity index (χ1v) is 35.3. The lowest BCUT2D eigenvalue weighted by molar-refractivity contribution is -0.0675. The molecule has 4 fully saturated rings. The quantitative estimate of drug-likeness (QED) is 0.0283. The molecule has 0 bridgehead atoms. The molecule has 0 spiro atoms. The van der Waals surface area contributed by atoms with Gasteiger partial charge in [-0.05, 0) is 27.7 Å². The van der Waals surface area contributed by atoms with E-state index in [1.54, 1.807) is 24.3 Å². The van der Waals surface area contributed by atoms with Gasteiger partial charge in [0.15, 0.2) is 0 Å². The van der Waals surface area contributed by atoms with Crippen molar-refractivity contribution in [2.45, 2.75) is 153 Å². The summed E-state index contributed by atoms with van der Waals surface area (Å²) in [5.74, 6) is 0. The average Bonchev–Trinajstić information content (AvgIpc) is 1.71. The molecular weight excluding hydrogens is 1380 g/mol. The fraction of sp³-hybridized carbons (Fsp3) is 0.615. The van der Waals surface area contributed by atoms with Gasteiger partial charge in [-0.1, -0.05) is 0 Å². The van der Waals surface area contributed by atoms with Crippen LogP contribution in [0.1, 0.15) is 98.5 Å². The number of phosphoric acid groups is 4. The highest BCUT2D eigenvalue weighted by Crippen LogP contribution is 2.58. The van der Waals surface area contributed by atoms with E-state index in [-0.39, 0.29) is 41.5 Å². The molecule has 97 heavy (non-hydrogen) atoms. The fourth-order valence-corrected chi connectivity index (χ4v) is 15.2. The summed E-state index contributed by atoms with van der Waals surface area (Å²) in [5.41, 5.74) is -6.79. The van der Waals surface area contributed by atoms with Gasteiger partial charge in [0.1, 0.15) is 73.7 Å². The second kappa shape index (κ2) is 33.2. The van der Waals surface area contributed by atoms with Gasteiger partial charge in [-0.2, -0.15) is 21.0 Å². The summed E-state index contributed by atoms with van der Waals surface area (Å²) in [7, 11) is -20.6. The van der Waals surface area contributed by atoms with Crippen molar-refractivity contribution in [1.29, 1.82) is 21.0 Å². The lowest BCUT2D eigenvalue weighted by Crippen LogP contribution is -2.34. The molecule has 4 aliphatic rings. The van der Waals surface area contributed by atoms with Gasteiger partial charge in [-0.3, -0.25) is 107 Å². The maximum atomic E-state index is 15.3. The highest BCUT2D eigenvalue weighted by Gasteiger charge is 2.51. The molecule has 45 heteroatoms. The molecule has 41 nitrogen and oxygen atoms in total. The highest BCUT2D eigenvalue weighted by atomic mass is 31.2. The van der Waals surface area contributed by atoms with Crippen molar-refractivity contribution in [3.05, 3.63) is 130 Å². The highest BCUT2D eigenvalue weighted by molar-refractivity contribution is 7.49. The number of ether oxygens (including phenoxy) is 4. The summed E-state index contributed by atoms with van der Waals surface area (Å²) in [6, 6.07) is 7.10. The smallest absolute Gasteiger partial charge is 0.394 e. The topological polar surface area (TPSA) is 562 Å². The van der Waals surface area contributed by atoms with E-state index in [4.69, 9.17) is 74.0 Å². The summed E-state index contributed by atoms with van der Waals surface area (Å²) >= 11 is 0. The molecule has 528 valence electrons. The van der Waals surface area contributed by atoms with Crippen LogP contribution in [-0.2, 0) is 87.0 Å². The Bertz CT molecular complexity index is 4390. The van der Waals surface area contributed by atoms with Crippen molar-refractivity contribution in [3.63, 3.8) is 0 Å². The number of aromatic amines is 4. The van der Waals surface area contributed by atoms with E-state index < -0.39 is 235 Å². The van der Waals surface area contributed by atoms with Crippen LogP contribution in [0.5, 0.6) is 0 Å². The number of aliphatic hydroxyl groups excluding tert-OH is 1. The van der Waals surface area contributed by atoms with Gasteiger partial charge in [0.2, 0.25) is 0 Å². The predicted octanol–water partition coefficient (Wildman–Crippen LogP) is 1.30. The van der Waals surface area contributed by atoms with Gasteiger partial charge in [0.05, 0.1) is 103 Å². The largest absolute Gasteiger partial charge is 0.475 e. The Labute approximate surface area is 546 Å². The molecule has 16 atom stereocenters. The number of rotatable bonds is 34. The Morgan fingerprint density at radius 2 is 0.670 bits per heavy atom. The van der Waals surface area contributed by atoms with Crippen LogP contribution in [0.25, 0.3) is 0 Å². The molecule has 4 saturated heterocycles. The Morgan fingerprint density at radius 3 is 0.938 bits per heavy atom. The molecular formula is C52H66N12O29P4. The van der Waals surface area contributed by atoms with Crippen LogP contribution in [0.2, 0.25) is 0 Å². The van der Waals surface area contributed by atoms with E-state index in [0.29, 0.717) is 0 Å². The molecule has 0 radical (unpaired) electrons. The first kappa shape index (κ1) is 75.7. The summed E-state index contributed by atoms with van der Waals surface area (Å²) in [6.45, 7) is -0.775. The summed E-state index contributed by atoms with van der Waals surface area (Å²) in [5, 5.41) is 47.8. The Hall–Kier alpha value is -7.08. The third kappa shape index (κ3) is 19.6. The van der Waals surface area contributed by atoms with Gasteiger partial charge in [-0.25, -0.2) is 37.4 Å². The molecule has 0 saturated carbocycles. The molecule has 4 aromatic rings. The minimum atomic E-state index is -5.28. The second-order valence-electron chi connectivity index (χ2n) is 21.8. The minimum absolute atomic E-state index is 0.00579. The third-order valence-electron chi connectivity index (χ3n) is 14.8. The van der Waals surface area contributed by atoms with Crippen LogP contribution in [0.4, 0.5) is 0 Å². The number of hydrogen-bond acceptors (Lipinski definition) is 32. The van der Waals surface area contributed by atoms with Crippen molar-refractivity contribution >= 4 is 31.3 Å². The molecule has 0 aliphatic carbocycles. The van der Waals surface area contributed by atoms with E-state index in [1.165, 1.54) is 33.9 Å². The zero-order chi connectivity index (χ0) is 70.6. The zero-order valence-corrected chi connectivity index (χ0v) is 55.4. The summed E-state index contributed by atoms with van der Waals surface area (Å²) in [6.07, 6.45) is -17.1. The average molecular weight is 1450 g/mol. The number of aliphatic hydroxyl groups is 1. The zero-order valence-electron chi connectivity index (χ0n) is 51.8. The Morgan fingerprint density at radius 1 is 0.423 bits per heavy atom. The van der Waals surface area contributed by atoms with Gasteiger partial charge < -0.3 is 28.9 Å². The number of H-pyrrole nitrogens is 4. The maximum absolute atomic E-state index is 15.3. The SMILES string of the molecule is Cc1cn([C@H]2C[C@H](OP(=O)(O)OCCC#N)[C@@H](COP(=O)(OCCC#N)O[C@H]3C[C@H](n4cc(C)c(=O)[nH]c4=O)O[C@@H]3COP(=O)(OCCC#N)O[C@H]3C[C@H](n4cc(C)c(=O)[nH]c4=O)O[C@@H]3COP(=O)(OCCC#N)O[C@H]3C[C@H](n4cc(C)c(=O)[nH]c4=O)O[C@@H]3CO)O2)c(=O)[nH]c1=O. The maximum Gasteiger partial charge on any atom is 0.475 e. The van der Waals surface area contributed by atoms with Crippen LogP contribution in [0, 0.1) is 73.0 Å². The van der Waals surface area contributed by atoms with E-state index in [9.17, 15) is 73.3 Å². The number of nitrogens with one attached hydrogen (secondary N) is 4. The first-order chi connectivity index (χ1) is 46.0. The van der Waals surface area contributed by atoms with E-state index in [2.05, 4.69) is 19.9 Å². The standard InChI is InChI=1S/C52H66N12O29P4/c1-29-21-61(49(70)57-45(29)66)41-17-33(37(25-65)86-41)91-95(76,80-14-6-10-54)84-27-39-35(19-43(88-39)63-23-31(3)47(68)59-51(63)72)93-97(78,82-16-8-12-56)85-28-40-36(20-44(89-40)64-24-32(4)48(69)60-52(64)73)92-96(77,81-15-7-11-55)83-26-38-34(90-94(74,75)79-13-5-9-53)18-42(87-38)62-22-30(2)46(67)58-50(62)71/h21-24,33-44,65H,5-8,13-20,25-28H2,1-4H3,(H,74,75)(H,57,66,70)(H,58,67,71)(H,59,68,72)(H,60,69,73)/t33-,34-,35-,36-,37+,38+,39+,40+,41+,42+,43+,44+,95?,96?,97?/m0/s1. The first-order valence-electron chi connectivity index (χ1n) is 29.4. The third-order valence-corrected chi connectivity index (χ3v) is 20.4. The molecule has 4 aliphatic heterocycles. The van der Waals surface area contributed by atoms with Crippen molar-refractivity contribution < 1.29 is 97.0 Å². The van der Waals surface area contributed by atoms with E-state index in [0.717, 1.165) is 36.9 Å². The molecule has 6 N–H and O–H groups in total. The molecule has 4 unspecified atom stereocenters. The van der Waals surface area contributed by atoms with Gasteiger partial charge in [-0.15, -0.1) is 0 Å². The number of nitriles is 4. The summed E-state index contributed by atoms with van der Waals surface area (Å²) < 4.78 is 149. The predicted molar refractivity (Wildman–Crippen MR) is 320 cm³/mol. The van der Waals surface area contributed by atoms with Crippen molar-refractivity contribution in [3.8, 4) is 24.3 Å². The number of phosphoric ester groups is 4. The van der Waals surface area contributed by atoms with Crippen LogP contribution in [0.15, 0.2) is 63.1 Å². The van der Waals surface area contributed by atoms with Crippen LogP contribution >= 0.6 is 31.3 Å². The monoisotopic (exact) mass is 1450 g/mol. The van der Waals surface area contributed by atoms with Crippen LogP contribution < -0.4 is 45.0 Å². The molecule has 0 amide bonds. The van der Waals surface area contributed by atoms with Crippen LogP contribution in [0.3, 0.4) is 0 Å². The number of aromatic nitrogens is 8. The number of hydrogen-bond donors (Lipinski definition) is 6. The van der Waals surface area contributed by atoms with Gasteiger partial charge >= 0.3 is 54.0 Å². The normalized spacial score (nSPS) is 26.4. The molecule has 8 heterocycles.